The smallest absolute Gasteiger partial charge is 0.338 e. The number of rotatable bonds is 5. The zero-order valence-electron chi connectivity index (χ0n) is 15.4. The predicted octanol–water partition coefficient (Wildman–Crippen LogP) is 4.12. The van der Waals surface area contributed by atoms with Crippen LogP contribution in [0.4, 0.5) is 0 Å². The van der Waals surface area contributed by atoms with E-state index in [2.05, 4.69) is 6.07 Å². The van der Waals surface area contributed by atoms with E-state index in [9.17, 15) is 9.59 Å². The van der Waals surface area contributed by atoms with E-state index in [1.165, 1.54) is 6.08 Å². The molecule has 1 fully saturated rings. The van der Waals surface area contributed by atoms with Crippen LogP contribution in [0.5, 0.6) is 0 Å². The standard InChI is InChI=1S/C23H19NO4/c1-2-27-22(25)19(12-16-7-6-8-17(11-16)15-24)13-20-14-21(28-23(20)26)18-9-4-3-5-10-18/h3-13,21H,2,14H2,1H3/b19-12+,20-13-. The molecule has 0 aromatic heterocycles. The molecule has 0 aliphatic carbocycles. The lowest BCUT2D eigenvalue weighted by Crippen LogP contribution is -2.07. The van der Waals surface area contributed by atoms with Gasteiger partial charge in [0.15, 0.2) is 0 Å². The van der Waals surface area contributed by atoms with Crippen LogP contribution < -0.4 is 0 Å². The minimum atomic E-state index is -0.534. The first kappa shape index (κ1) is 19.1. The molecule has 0 amide bonds. The zero-order valence-corrected chi connectivity index (χ0v) is 15.4. The van der Waals surface area contributed by atoms with E-state index in [-0.39, 0.29) is 18.3 Å². The van der Waals surface area contributed by atoms with Crippen molar-refractivity contribution in [2.45, 2.75) is 19.4 Å². The first-order valence-corrected chi connectivity index (χ1v) is 8.96. The largest absolute Gasteiger partial charge is 0.462 e. The molecule has 0 bridgehead atoms. The second kappa shape index (κ2) is 8.83. The van der Waals surface area contributed by atoms with Crippen molar-refractivity contribution < 1.29 is 19.1 Å². The SMILES string of the molecule is CCOC(=O)C(/C=C1/CC(c2ccccc2)OC1=O)=C/c1cccc(C#N)c1. The Morgan fingerprint density at radius 2 is 2.04 bits per heavy atom. The van der Waals surface area contributed by atoms with Crippen molar-refractivity contribution in [3.63, 3.8) is 0 Å². The van der Waals surface area contributed by atoms with Gasteiger partial charge in [0, 0.05) is 12.0 Å². The molecule has 2 aromatic carbocycles. The molecule has 1 aliphatic heterocycles. The highest BCUT2D eigenvalue weighted by Crippen LogP contribution is 2.33. The molecule has 1 saturated heterocycles. The monoisotopic (exact) mass is 373 g/mol. The molecule has 5 heteroatoms. The number of benzene rings is 2. The molecule has 0 radical (unpaired) electrons. The topological polar surface area (TPSA) is 76.4 Å². The summed E-state index contributed by atoms with van der Waals surface area (Å²) in [6.45, 7) is 1.93. The third-order valence-corrected chi connectivity index (χ3v) is 4.27. The second-order valence-electron chi connectivity index (χ2n) is 6.24. The number of carbonyl (C=O) groups excluding carboxylic acids is 2. The Kier molecular flexibility index (Phi) is 6.03. The number of nitrogens with zero attached hydrogens (tertiary/aromatic N) is 1. The minimum absolute atomic E-state index is 0.217. The number of nitriles is 1. The van der Waals surface area contributed by atoms with Crippen molar-refractivity contribution in [1.82, 2.24) is 0 Å². The van der Waals surface area contributed by atoms with Crippen LogP contribution in [0.1, 0.15) is 36.1 Å². The summed E-state index contributed by atoms with van der Waals surface area (Å²) in [6.07, 6.45) is 3.13. The Morgan fingerprint density at radius 1 is 1.25 bits per heavy atom. The van der Waals surface area contributed by atoms with E-state index in [1.54, 1.807) is 37.3 Å². The first-order chi connectivity index (χ1) is 13.6. The maximum Gasteiger partial charge on any atom is 0.338 e. The average Bonchev–Trinajstić information content (AvgIpc) is 3.09. The molecule has 2 aromatic rings. The Morgan fingerprint density at radius 3 is 2.75 bits per heavy atom. The van der Waals surface area contributed by atoms with Crippen LogP contribution in [0.25, 0.3) is 6.08 Å². The van der Waals surface area contributed by atoms with Crippen LogP contribution in [-0.2, 0) is 19.1 Å². The zero-order chi connectivity index (χ0) is 19.9. The summed E-state index contributed by atoms with van der Waals surface area (Å²) in [7, 11) is 0. The normalized spacial score (nSPS) is 17.9. The lowest BCUT2D eigenvalue weighted by Gasteiger charge is -2.07. The summed E-state index contributed by atoms with van der Waals surface area (Å²) in [5, 5.41) is 9.06. The number of hydrogen-bond acceptors (Lipinski definition) is 5. The Hall–Kier alpha value is -3.65. The number of carbonyl (C=O) groups is 2. The Bertz CT molecular complexity index is 983. The van der Waals surface area contributed by atoms with Gasteiger partial charge in [-0.25, -0.2) is 9.59 Å². The van der Waals surface area contributed by atoms with Crippen molar-refractivity contribution in [2.24, 2.45) is 0 Å². The fourth-order valence-corrected chi connectivity index (χ4v) is 2.94. The quantitative estimate of drug-likeness (QED) is 0.582. The van der Waals surface area contributed by atoms with Crippen molar-refractivity contribution in [2.75, 3.05) is 6.61 Å². The maximum absolute atomic E-state index is 12.4. The molecule has 1 unspecified atom stereocenters. The van der Waals surface area contributed by atoms with Gasteiger partial charge in [-0.05, 0) is 42.3 Å². The summed E-state index contributed by atoms with van der Waals surface area (Å²) in [5.41, 5.74) is 2.70. The van der Waals surface area contributed by atoms with Gasteiger partial charge in [0.2, 0.25) is 0 Å². The van der Waals surface area contributed by atoms with Crippen LogP contribution in [-0.4, -0.2) is 18.5 Å². The summed E-state index contributed by atoms with van der Waals surface area (Å²) in [4.78, 5) is 24.7. The summed E-state index contributed by atoms with van der Waals surface area (Å²) >= 11 is 0. The molecule has 1 aliphatic rings. The summed E-state index contributed by atoms with van der Waals surface area (Å²) in [6, 6.07) is 18.4. The lowest BCUT2D eigenvalue weighted by atomic mass is 10.0. The van der Waals surface area contributed by atoms with Crippen molar-refractivity contribution in [3.05, 3.63) is 88.5 Å². The summed E-state index contributed by atoms with van der Waals surface area (Å²) < 4.78 is 10.6. The highest BCUT2D eigenvalue weighted by atomic mass is 16.6. The van der Waals surface area contributed by atoms with Crippen molar-refractivity contribution in [1.29, 1.82) is 5.26 Å². The van der Waals surface area contributed by atoms with Crippen LogP contribution in [0.2, 0.25) is 0 Å². The predicted molar refractivity (Wildman–Crippen MR) is 104 cm³/mol. The number of esters is 2. The fraction of sp³-hybridized carbons (Fsp3) is 0.174. The number of hydrogen-bond donors (Lipinski definition) is 0. The molecule has 0 saturated carbocycles. The van der Waals surface area contributed by atoms with Gasteiger partial charge in [-0.15, -0.1) is 0 Å². The molecule has 5 nitrogen and oxygen atoms in total. The highest BCUT2D eigenvalue weighted by Gasteiger charge is 2.30. The molecular formula is C23H19NO4. The van der Waals surface area contributed by atoms with E-state index in [0.717, 1.165) is 5.56 Å². The fourth-order valence-electron chi connectivity index (χ4n) is 2.94. The minimum Gasteiger partial charge on any atom is -0.462 e. The molecule has 1 atom stereocenters. The van der Waals surface area contributed by atoms with Gasteiger partial charge in [-0.2, -0.15) is 5.26 Å². The van der Waals surface area contributed by atoms with Crippen molar-refractivity contribution >= 4 is 18.0 Å². The Labute approximate surface area is 163 Å². The van der Waals surface area contributed by atoms with Gasteiger partial charge < -0.3 is 9.47 Å². The average molecular weight is 373 g/mol. The van der Waals surface area contributed by atoms with Gasteiger partial charge in [0.05, 0.1) is 23.8 Å². The van der Waals surface area contributed by atoms with Crippen LogP contribution in [0.15, 0.2) is 71.8 Å². The van der Waals surface area contributed by atoms with E-state index in [1.807, 2.05) is 30.3 Å². The van der Waals surface area contributed by atoms with E-state index in [4.69, 9.17) is 14.7 Å². The number of ether oxygens (including phenoxy) is 2. The lowest BCUT2D eigenvalue weighted by molar-refractivity contribution is -0.139. The van der Waals surface area contributed by atoms with Gasteiger partial charge in [-0.1, -0.05) is 42.5 Å². The first-order valence-electron chi connectivity index (χ1n) is 8.96. The second-order valence-corrected chi connectivity index (χ2v) is 6.24. The summed E-state index contributed by atoms with van der Waals surface area (Å²) in [5.74, 6) is -0.983. The van der Waals surface area contributed by atoms with Gasteiger partial charge >= 0.3 is 11.9 Å². The molecule has 0 spiro atoms. The third-order valence-electron chi connectivity index (χ3n) is 4.27. The van der Waals surface area contributed by atoms with Gasteiger partial charge in [0.1, 0.15) is 6.10 Å². The van der Waals surface area contributed by atoms with Crippen molar-refractivity contribution in [3.8, 4) is 6.07 Å². The molecule has 28 heavy (non-hydrogen) atoms. The van der Waals surface area contributed by atoms with E-state index in [0.29, 0.717) is 23.1 Å². The molecule has 1 heterocycles. The van der Waals surface area contributed by atoms with E-state index >= 15 is 0 Å². The number of cyclic esters (lactones) is 1. The van der Waals surface area contributed by atoms with Gasteiger partial charge in [0.25, 0.3) is 0 Å². The molecule has 140 valence electrons. The Balaban J connectivity index is 1.92. The van der Waals surface area contributed by atoms with Crippen LogP contribution >= 0.6 is 0 Å². The molecule has 3 rings (SSSR count). The van der Waals surface area contributed by atoms with E-state index < -0.39 is 11.9 Å². The third kappa shape index (κ3) is 4.54. The molecule has 0 N–H and O–H groups in total. The van der Waals surface area contributed by atoms with Crippen LogP contribution in [0, 0.1) is 11.3 Å². The maximum atomic E-state index is 12.4. The molecular weight excluding hydrogens is 354 g/mol. The van der Waals surface area contributed by atoms with Gasteiger partial charge in [-0.3, -0.25) is 0 Å². The highest BCUT2D eigenvalue weighted by molar-refractivity contribution is 6.00. The van der Waals surface area contributed by atoms with Crippen LogP contribution in [0.3, 0.4) is 0 Å².